The van der Waals surface area contributed by atoms with Crippen LogP contribution in [0.4, 0.5) is 0 Å². The molecule has 2 rings (SSSR count). The molecule has 14 heavy (non-hydrogen) atoms. The Morgan fingerprint density at radius 3 is 2.86 bits per heavy atom. The SMILES string of the molecule is Cc1csc(C(=O)c2nnnn2C)c1. The number of tetrazole rings is 1. The Kier molecular flexibility index (Phi) is 2.12. The van der Waals surface area contributed by atoms with Gasteiger partial charge in [0.05, 0.1) is 4.88 Å². The van der Waals surface area contributed by atoms with Crippen LogP contribution in [0.5, 0.6) is 0 Å². The van der Waals surface area contributed by atoms with Crippen LogP contribution in [0.1, 0.15) is 21.1 Å². The number of aryl methyl sites for hydroxylation is 2. The van der Waals surface area contributed by atoms with Crippen molar-refractivity contribution in [2.75, 3.05) is 0 Å². The first kappa shape index (κ1) is 9.01. The summed E-state index contributed by atoms with van der Waals surface area (Å²) in [6.45, 7) is 1.95. The largest absolute Gasteiger partial charge is 0.284 e. The molecule has 5 nitrogen and oxygen atoms in total. The standard InChI is InChI=1S/C8H8N4OS/c1-5-3-6(14-4-5)7(13)8-9-10-11-12(8)2/h3-4H,1-2H3. The Labute approximate surface area is 84.4 Å². The number of nitrogens with zero attached hydrogens (tertiary/aromatic N) is 4. The van der Waals surface area contributed by atoms with E-state index in [0.29, 0.717) is 4.88 Å². The minimum atomic E-state index is -0.129. The van der Waals surface area contributed by atoms with Crippen molar-refractivity contribution in [2.45, 2.75) is 6.92 Å². The van der Waals surface area contributed by atoms with E-state index in [-0.39, 0.29) is 11.6 Å². The van der Waals surface area contributed by atoms with Crippen molar-refractivity contribution < 1.29 is 4.79 Å². The summed E-state index contributed by atoms with van der Waals surface area (Å²) in [7, 11) is 1.65. The fraction of sp³-hybridized carbons (Fsp3) is 0.250. The van der Waals surface area contributed by atoms with Crippen LogP contribution in [0.15, 0.2) is 11.4 Å². The third-order valence-corrected chi connectivity index (χ3v) is 2.82. The lowest BCUT2D eigenvalue weighted by Crippen LogP contribution is -2.08. The van der Waals surface area contributed by atoms with Crippen molar-refractivity contribution in [3.63, 3.8) is 0 Å². The van der Waals surface area contributed by atoms with Crippen molar-refractivity contribution in [3.8, 4) is 0 Å². The highest BCUT2D eigenvalue weighted by atomic mass is 32.1. The van der Waals surface area contributed by atoms with Crippen LogP contribution in [-0.4, -0.2) is 26.0 Å². The van der Waals surface area contributed by atoms with E-state index in [1.54, 1.807) is 7.05 Å². The minimum Gasteiger partial charge on any atom is -0.284 e. The van der Waals surface area contributed by atoms with Gasteiger partial charge in [-0.3, -0.25) is 4.79 Å². The summed E-state index contributed by atoms with van der Waals surface area (Å²) < 4.78 is 1.37. The van der Waals surface area contributed by atoms with Crippen molar-refractivity contribution in [1.82, 2.24) is 20.2 Å². The molecule has 0 atom stereocenters. The number of hydrogen-bond acceptors (Lipinski definition) is 5. The van der Waals surface area contributed by atoms with Gasteiger partial charge in [-0.15, -0.1) is 16.4 Å². The molecule has 0 spiro atoms. The number of thiophene rings is 1. The van der Waals surface area contributed by atoms with Gasteiger partial charge in [0.15, 0.2) is 0 Å². The molecule has 0 bridgehead atoms. The maximum absolute atomic E-state index is 11.8. The normalized spacial score (nSPS) is 10.4. The molecule has 0 radical (unpaired) electrons. The zero-order valence-electron chi connectivity index (χ0n) is 7.76. The second-order valence-corrected chi connectivity index (χ2v) is 3.85. The first-order valence-electron chi connectivity index (χ1n) is 4.00. The predicted octanol–water partition coefficient (Wildman–Crippen LogP) is 0.811. The number of carbonyl (C=O) groups excluding carboxylic acids is 1. The van der Waals surface area contributed by atoms with Gasteiger partial charge in [0.1, 0.15) is 0 Å². The molecule has 0 fully saturated rings. The number of hydrogen-bond donors (Lipinski definition) is 0. The van der Waals surface area contributed by atoms with Crippen LogP contribution in [0.3, 0.4) is 0 Å². The molecule has 0 unspecified atom stereocenters. The molecule has 0 N–H and O–H groups in total. The van der Waals surface area contributed by atoms with Gasteiger partial charge >= 0.3 is 0 Å². The molecule has 6 heteroatoms. The van der Waals surface area contributed by atoms with Gasteiger partial charge < -0.3 is 0 Å². The van der Waals surface area contributed by atoms with Crippen molar-refractivity contribution >= 4 is 17.1 Å². The first-order valence-corrected chi connectivity index (χ1v) is 4.88. The van der Waals surface area contributed by atoms with E-state index in [1.807, 2.05) is 18.4 Å². The van der Waals surface area contributed by atoms with Gasteiger partial charge in [0, 0.05) is 7.05 Å². The van der Waals surface area contributed by atoms with Crippen LogP contribution >= 0.6 is 11.3 Å². The molecular formula is C8H8N4OS. The van der Waals surface area contributed by atoms with Gasteiger partial charge in [0.2, 0.25) is 11.6 Å². The minimum absolute atomic E-state index is 0.129. The summed E-state index contributed by atoms with van der Waals surface area (Å²) >= 11 is 1.41. The number of rotatable bonds is 2. The number of ketones is 1. The summed E-state index contributed by atoms with van der Waals surface area (Å²) in [5.74, 6) is 0.141. The second kappa shape index (κ2) is 3.30. The van der Waals surface area contributed by atoms with E-state index in [2.05, 4.69) is 15.5 Å². The van der Waals surface area contributed by atoms with Gasteiger partial charge in [-0.05, 0) is 34.4 Å². The van der Waals surface area contributed by atoms with Crippen LogP contribution in [0, 0.1) is 6.92 Å². The molecule has 0 saturated carbocycles. The van der Waals surface area contributed by atoms with Crippen molar-refractivity contribution in [2.24, 2.45) is 7.05 Å². The molecule has 2 aromatic rings. The van der Waals surface area contributed by atoms with E-state index in [9.17, 15) is 4.79 Å². The Morgan fingerprint density at radius 1 is 1.57 bits per heavy atom. The first-order chi connectivity index (χ1) is 6.68. The fourth-order valence-electron chi connectivity index (χ4n) is 1.08. The summed E-state index contributed by atoms with van der Waals surface area (Å²) in [5, 5.41) is 12.6. The van der Waals surface area contributed by atoms with Crippen LogP contribution in [0.2, 0.25) is 0 Å². The maximum Gasteiger partial charge on any atom is 0.241 e. The lowest BCUT2D eigenvalue weighted by atomic mass is 10.2. The Bertz CT molecular complexity index is 473. The average molecular weight is 208 g/mol. The highest BCUT2D eigenvalue weighted by molar-refractivity contribution is 7.12. The van der Waals surface area contributed by atoms with Crippen LogP contribution < -0.4 is 0 Å². The summed E-state index contributed by atoms with van der Waals surface area (Å²) in [6, 6.07) is 1.84. The molecule has 0 aromatic carbocycles. The molecule has 2 heterocycles. The van der Waals surface area contributed by atoms with E-state index in [1.165, 1.54) is 16.0 Å². The predicted molar refractivity (Wildman–Crippen MR) is 51.3 cm³/mol. The molecule has 0 aliphatic heterocycles. The van der Waals surface area contributed by atoms with Gasteiger partial charge in [-0.25, -0.2) is 4.68 Å². The van der Waals surface area contributed by atoms with Crippen molar-refractivity contribution in [3.05, 3.63) is 27.7 Å². The monoisotopic (exact) mass is 208 g/mol. The quantitative estimate of drug-likeness (QED) is 0.685. The lowest BCUT2D eigenvalue weighted by Gasteiger charge is -1.93. The average Bonchev–Trinajstić information content (AvgIpc) is 2.73. The molecular weight excluding hydrogens is 200 g/mol. The Hall–Kier alpha value is -1.56. The van der Waals surface area contributed by atoms with E-state index >= 15 is 0 Å². The van der Waals surface area contributed by atoms with Gasteiger partial charge in [-0.2, -0.15) is 0 Å². The van der Waals surface area contributed by atoms with Crippen LogP contribution in [-0.2, 0) is 7.05 Å². The molecule has 0 saturated heterocycles. The molecule has 0 aliphatic carbocycles. The van der Waals surface area contributed by atoms with E-state index in [0.717, 1.165) is 5.56 Å². The number of carbonyl (C=O) groups is 1. The van der Waals surface area contributed by atoms with Gasteiger partial charge in [-0.1, -0.05) is 0 Å². The second-order valence-electron chi connectivity index (χ2n) is 2.94. The van der Waals surface area contributed by atoms with Gasteiger partial charge in [0.25, 0.3) is 0 Å². The molecule has 72 valence electrons. The summed E-state index contributed by atoms with van der Waals surface area (Å²) in [5.41, 5.74) is 1.08. The third kappa shape index (κ3) is 1.44. The Balaban J connectivity index is 2.38. The smallest absolute Gasteiger partial charge is 0.241 e. The zero-order valence-corrected chi connectivity index (χ0v) is 8.58. The molecule has 0 aliphatic rings. The highest BCUT2D eigenvalue weighted by Gasteiger charge is 2.16. The maximum atomic E-state index is 11.8. The molecule has 0 amide bonds. The Morgan fingerprint density at radius 2 is 2.36 bits per heavy atom. The fourth-order valence-corrected chi connectivity index (χ4v) is 1.92. The lowest BCUT2D eigenvalue weighted by molar-refractivity contribution is 0.102. The highest BCUT2D eigenvalue weighted by Crippen LogP contribution is 2.16. The summed E-state index contributed by atoms with van der Waals surface area (Å²) in [4.78, 5) is 12.5. The summed E-state index contributed by atoms with van der Waals surface area (Å²) in [6.07, 6.45) is 0. The van der Waals surface area contributed by atoms with Crippen LogP contribution in [0.25, 0.3) is 0 Å². The van der Waals surface area contributed by atoms with E-state index in [4.69, 9.17) is 0 Å². The molecule has 2 aromatic heterocycles. The van der Waals surface area contributed by atoms with E-state index < -0.39 is 0 Å². The third-order valence-electron chi connectivity index (χ3n) is 1.78. The van der Waals surface area contributed by atoms with Crippen molar-refractivity contribution in [1.29, 1.82) is 0 Å². The zero-order chi connectivity index (χ0) is 10.1. The topological polar surface area (TPSA) is 60.7 Å². The number of aromatic nitrogens is 4.